The molecule has 0 fully saturated rings. The zero-order valence-corrected chi connectivity index (χ0v) is 12.1. The van der Waals surface area contributed by atoms with Crippen LogP contribution in [0.1, 0.15) is 29.7 Å². The average molecular weight is 290 g/mol. The van der Waals surface area contributed by atoms with E-state index in [-0.39, 0.29) is 16.9 Å². The monoisotopic (exact) mass is 289 g/mol. The highest BCUT2D eigenvalue weighted by Crippen LogP contribution is 2.25. The molecule has 0 aliphatic heterocycles. The quantitative estimate of drug-likeness (QED) is 0.888. The van der Waals surface area contributed by atoms with Crippen molar-refractivity contribution < 1.29 is 4.39 Å². The van der Waals surface area contributed by atoms with Crippen molar-refractivity contribution in [2.24, 2.45) is 0 Å². The molecule has 3 rings (SSSR count). The summed E-state index contributed by atoms with van der Waals surface area (Å²) in [4.78, 5) is 0. The third-order valence-corrected chi connectivity index (χ3v) is 4.29. The number of benzene rings is 2. The lowest BCUT2D eigenvalue weighted by Crippen LogP contribution is -2.32. The van der Waals surface area contributed by atoms with Crippen LogP contribution < -0.4 is 5.32 Å². The molecule has 0 radical (unpaired) electrons. The molecule has 1 unspecified atom stereocenters. The van der Waals surface area contributed by atoms with Gasteiger partial charge in [0.05, 0.1) is 5.02 Å². The average Bonchev–Trinajstić information content (AvgIpc) is 2.83. The van der Waals surface area contributed by atoms with Crippen molar-refractivity contribution in [2.75, 3.05) is 0 Å². The van der Waals surface area contributed by atoms with Gasteiger partial charge >= 0.3 is 0 Å². The molecule has 1 aliphatic rings. The van der Waals surface area contributed by atoms with Gasteiger partial charge in [0.25, 0.3) is 0 Å². The summed E-state index contributed by atoms with van der Waals surface area (Å²) in [7, 11) is 0. The first-order valence-corrected chi connectivity index (χ1v) is 7.29. The molecule has 0 amide bonds. The third kappa shape index (κ3) is 2.72. The van der Waals surface area contributed by atoms with Gasteiger partial charge < -0.3 is 5.32 Å². The molecule has 3 heteroatoms. The molecule has 0 bridgehead atoms. The summed E-state index contributed by atoms with van der Waals surface area (Å²) in [5.74, 6) is -0.354. The Bertz CT molecular complexity index is 601. The SMILES string of the molecule is CC(NC1Cc2ccccc2C1)c1ccc(Cl)c(F)c1. The Balaban J connectivity index is 1.68. The van der Waals surface area contributed by atoms with E-state index in [0.717, 1.165) is 18.4 Å². The van der Waals surface area contributed by atoms with E-state index in [0.29, 0.717) is 6.04 Å². The lowest BCUT2D eigenvalue weighted by molar-refractivity contribution is 0.465. The summed E-state index contributed by atoms with van der Waals surface area (Å²) in [6.45, 7) is 2.06. The fourth-order valence-electron chi connectivity index (χ4n) is 2.91. The molecule has 2 aromatic rings. The predicted molar refractivity (Wildman–Crippen MR) is 80.6 cm³/mol. The number of halogens is 2. The number of hydrogen-bond donors (Lipinski definition) is 1. The van der Waals surface area contributed by atoms with Crippen LogP contribution in [0.5, 0.6) is 0 Å². The zero-order valence-electron chi connectivity index (χ0n) is 11.4. The van der Waals surface area contributed by atoms with Crippen LogP contribution >= 0.6 is 11.6 Å². The molecule has 20 heavy (non-hydrogen) atoms. The fourth-order valence-corrected chi connectivity index (χ4v) is 3.03. The Kier molecular flexibility index (Phi) is 3.77. The molecule has 0 saturated heterocycles. The first-order chi connectivity index (χ1) is 9.63. The van der Waals surface area contributed by atoms with Crippen LogP contribution in [0, 0.1) is 5.82 Å². The van der Waals surface area contributed by atoms with Crippen molar-refractivity contribution in [1.29, 1.82) is 0 Å². The van der Waals surface area contributed by atoms with Crippen LogP contribution in [0.3, 0.4) is 0 Å². The molecule has 104 valence electrons. The Morgan fingerprint density at radius 1 is 1.15 bits per heavy atom. The van der Waals surface area contributed by atoms with Crippen molar-refractivity contribution in [3.8, 4) is 0 Å². The van der Waals surface area contributed by atoms with E-state index in [1.54, 1.807) is 6.07 Å². The maximum absolute atomic E-state index is 13.5. The summed E-state index contributed by atoms with van der Waals surface area (Å²) in [6.07, 6.45) is 2.08. The first kappa shape index (κ1) is 13.6. The highest BCUT2D eigenvalue weighted by Gasteiger charge is 2.22. The minimum absolute atomic E-state index is 0.112. The molecule has 1 nitrogen and oxygen atoms in total. The Morgan fingerprint density at radius 3 is 2.40 bits per heavy atom. The number of rotatable bonds is 3. The van der Waals surface area contributed by atoms with E-state index in [2.05, 4.69) is 36.5 Å². The van der Waals surface area contributed by atoms with Crippen LogP contribution in [-0.4, -0.2) is 6.04 Å². The topological polar surface area (TPSA) is 12.0 Å². The second-order valence-electron chi connectivity index (χ2n) is 5.44. The Hall–Kier alpha value is -1.38. The normalized spacial score (nSPS) is 16.1. The second kappa shape index (κ2) is 5.55. The lowest BCUT2D eigenvalue weighted by atomic mass is 10.1. The van der Waals surface area contributed by atoms with Gasteiger partial charge in [-0.3, -0.25) is 0 Å². The number of hydrogen-bond acceptors (Lipinski definition) is 1. The molecule has 1 N–H and O–H groups in total. The second-order valence-corrected chi connectivity index (χ2v) is 5.84. The Labute approximate surface area is 123 Å². The maximum Gasteiger partial charge on any atom is 0.142 e. The third-order valence-electron chi connectivity index (χ3n) is 3.98. The van der Waals surface area contributed by atoms with E-state index in [9.17, 15) is 4.39 Å². The predicted octanol–water partition coefficient (Wildman–Crippen LogP) is 4.30. The molecule has 0 spiro atoms. The van der Waals surface area contributed by atoms with Gasteiger partial charge in [0.2, 0.25) is 0 Å². The maximum atomic E-state index is 13.5. The molecule has 0 saturated carbocycles. The van der Waals surface area contributed by atoms with Gasteiger partial charge in [0.15, 0.2) is 0 Å². The summed E-state index contributed by atoms with van der Waals surface area (Å²) in [5, 5.41) is 3.75. The van der Waals surface area contributed by atoms with Crippen LogP contribution in [0.2, 0.25) is 5.02 Å². The first-order valence-electron chi connectivity index (χ1n) is 6.91. The van der Waals surface area contributed by atoms with E-state index in [1.165, 1.54) is 17.2 Å². The van der Waals surface area contributed by atoms with Gasteiger partial charge in [-0.2, -0.15) is 0 Å². The fraction of sp³-hybridized carbons (Fsp3) is 0.294. The number of fused-ring (bicyclic) bond motifs is 1. The minimum atomic E-state index is -0.354. The molecule has 0 heterocycles. The zero-order chi connectivity index (χ0) is 14.1. The van der Waals surface area contributed by atoms with Crippen molar-refractivity contribution in [3.05, 3.63) is 70.0 Å². The van der Waals surface area contributed by atoms with Crippen molar-refractivity contribution >= 4 is 11.6 Å². The van der Waals surface area contributed by atoms with E-state index in [4.69, 9.17) is 11.6 Å². The van der Waals surface area contributed by atoms with Crippen molar-refractivity contribution in [3.63, 3.8) is 0 Å². The summed E-state index contributed by atoms with van der Waals surface area (Å²) >= 11 is 5.72. The highest BCUT2D eigenvalue weighted by atomic mass is 35.5. The van der Waals surface area contributed by atoms with Gasteiger partial charge in [0, 0.05) is 12.1 Å². The van der Waals surface area contributed by atoms with Gasteiger partial charge in [-0.05, 0) is 48.6 Å². The van der Waals surface area contributed by atoms with Gasteiger partial charge in [-0.15, -0.1) is 0 Å². The molecular weight excluding hydrogens is 273 g/mol. The largest absolute Gasteiger partial charge is 0.307 e. The van der Waals surface area contributed by atoms with Gasteiger partial charge in [0.1, 0.15) is 5.82 Å². The van der Waals surface area contributed by atoms with E-state index < -0.39 is 0 Å². The standard InChI is InChI=1S/C17H17ClFN/c1-11(12-6-7-16(18)17(19)10-12)20-15-8-13-4-2-3-5-14(13)9-15/h2-7,10-11,15,20H,8-9H2,1H3. The summed E-state index contributed by atoms with van der Waals surface area (Å²) in [5.41, 5.74) is 3.77. The summed E-state index contributed by atoms with van der Waals surface area (Å²) < 4.78 is 13.5. The van der Waals surface area contributed by atoms with Gasteiger partial charge in [-0.1, -0.05) is 41.9 Å². The minimum Gasteiger partial charge on any atom is -0.307 e. The Morgan fingerprint density at radius 2 is 1.80 bits per heavy atom. The van der Waals surface area contributed by atoms with Crippen molar-refractivity contribution in [1.82, 2.24) is 5.32 Å². The molecule has 0 aromatic heterocycles. The van der Waals surface area contributed by atoms with Crippen LogP contribution in [0.15, 0.2) is 42.5 Å². The molecule has 2 aromatic carbocycles. The summed E-state index contributed by atoms with van der Waals surface area (Å²) in [6, 6.07) is 14.1. The highest BCUT2D eigenvalue weighted by molar-refractivity contribution is 6.30. The van der Waals surface area contributed by atoms with Crippen LogP contribution in [0.4, 0.5) is 4.39 Å². The van der Waals surface area contributed by atoms with Crippen LogP contribution in [0.25, 0.3) is 0 Å². The van der Waals surface area contributed by atoms with Crippen molar-refractivity contribution in [2.45, 2.75) is 31.8 Å². The molecular formula is C17H17ClFN. The van der Waals surface area contributed by atoms with E-state index in [1.807, 2.05) is 6.07 Å². The number of nitrogens with one attached hydrogen (secondary N) is 1. The van der Waals surface area contributed by atoms with Gasteiger partial charge in [-0.25, -0.2) is 4.39 Å². The molecule has 1 aliphatic carbocycles. The van der Waals surface area contributed by atoms with Crippen LogP contribution in [-0.2, 0) is 12.8 Å². The smallest absolute Gasteiger partial charge is 0.142 e. The lowest BCUT2D eigenvalue weighted by Gasteiger charge is -2.20. The molecule has 1 atom stereocenters. The van der Waals surface area contributed by atoms with E-state index >= 15 is 0 Å².